The topological polar surface area (TPSA) is 63.1 Å². The molecule has 1 aromatic rings. The van der Waals surface area contributed by atoms with Crippen molar-refractivity contribution in [2.75, 3.05) is 40.1 Å². The molecular formula is C10H20N4O2S. The number of aromatic amines is 1. The highest BCUT2D eigenvalue weighted by atomic mass is 32.2. The lowest BCUT2D eigenvalue weighted by Crippen LogP contribution is -2.19. The largest absolute Gasteiger partial charge is 0.385 e. The molecule has 98 valence electrons. The van der Waals surface area contributed by atoms with Gasteiger partial charge >= 0.3 is 5.69 Å². The molecule has 0 aliphatic rings. The van der Waals surface area contributed by atoms with Gasteiger partial charge in [0.05, 0.1) is 0 Å². The molecule has 1 N–H and O–H groups in total. The summed E-state index contributed by atoms with van der Waals surface area (Å²) in [6.07, 6.45) is 0.817. The van der Waals surface area contributed by atoms with Crippen molar-refractivity contribution in [1.82, 2.24) is 19.7 Å². The van der Waals surface area contributed by atoms with Crippen LogP contribution in [0.5, 0.6) is 0 Å². The van der Waals surface area contributed by atoms with E-state index in [0.29, 0.717) is 13.2 Å². The average Bonchev–Trinajstić information content (AvgIpc) is 2.61. The van der Waals surface area contributed by atoms with Crippen molar-refractivity contribution in [2.24, 2.45) is 0 Å². The molecule has 1 heterocycles. The fourth-order valence-corrected chi connectivity index (χ4v) is 2.38. The van der Waals surface area contributed by atoms with Gasteiger partial charge in [-0.1, -0.05) is 11.8 Å². The van der Waals surface area contributed by atoms with E-state index in [1.807, 2.05) is 14.1 Å². The zero-order valence-electron chi connectivity index (χ0n) is 10.6. The second kappa shape index (κ2) is 7.52. The minimum absolute atomic E-state index is 0.145. The van der Waals surface area contributed by atoms with E-state index in [1.165, 1.54) is 0 Å². The molecule has 1 aromatic heterocycles. The SMILES string of the molecule is COCCCn1c(SCCN(C)C)n[nH]c1=O. The van der Waals surface area contributed by atoms with E-state index in [0.717, 1.165) is 23.9 Å². The van der Waals surface area contributed by atoms with Gasteiger partial charge in [-0.05, 0) is 20.5 Å². The van der Waals surface area contributed by atoms with E-state index in [1.54, 1.807) is 23.4 Å². The lowest BCUT2D eigenvalue weighted by atomic mass is 10.4. The first-order valence-corrected chi connectivity index (χ1v) is 6.55. The van der Waals surface area contributed by atoms with Gasteiger partial charge in [-0.2, -0.15) is 0 Å². The number of hydrogen-bond acceptors (Lipinski definition) is 5. The van der Waals surface area contributed by atoms with Crippen molar-refractivity contribution >= 4 is 11.8 Å². The van der Waals surface area contributed by atoms with Gasteiger partial charge in [-0.25, -0.2) is 9.89 Å². The molecule has 0 fully saturated rings. The Labute approximate surface area is 105 Å². The van der Waals surface area contributed by atoms with Gasteiger partial charge in [0.15, 0.2) is 5.16 Å². The fourth-order valence-electron chi connectivity index (χ4n) is 1.30. The zero-order chi connectivity index (χ0) is 12.7. The summed E-state index contributed by atoms with van der Waals surface area (Å²) in [4.78, 5) is 13.6. The molecule has 0 aliphatic carbocycles. The van der Waals surface area contributed by atoms with E-state index >= 15 is 0 Å². The van der Waals surface area contributed by atoms with Crippen LogP contribution in [0.4, 0.5) is 0 Å². The fraction of sp³-hybridized carbons (Fsp3) is 0.800. The van der Waals surface area contributed by atoms with Crippen molar-refractivity contribution in [2.45, 2.75) is 18.1 Å². The maximum atomic E-state index is 11.5. The highest BCUT2D eigenvalue weighted by Crippen LogP contribution is 2.12. The third-order valence-electron chi connectivity index (χ3n) is 2.22. The van der Waals surface area contributed by atoms with E-state index in [9.17, 15) is 4.79 Å². The number of ether oxygens (including phenoxy) is 1. The Bertz CT molecular complexity index is 375. The van der Waals surface area contributed by atoms with E-state index < -0.39 is 0 Å². The molecule has 0 saturated heterocycles. The Hall–Kier alpha value is -0.790. The molecule has 0 saturated carbocycles. The predicted octanol–water partition coefficient (Wildman–Crippen LogP) is 0.262. The van der Waals surface area contributed by atoms with Crippen molar-refractivity contribution in [3.05, 3.63) is 10.5 Å². The number of hydrogen-bond donors (Lipinski definition) is 1. The monoisotopic (exact) mass is 260 g/mol. The van der Waals surface area contributed by atoms with Crippen LogP contribution in [-0.4, -0.2) is 59.8 Å². The molecule has 7 heteroatoms. The molecule has 0 spiro atoms. The third-order valence-corrected chi connectivity index (χ3v) is 3.18. The Morgan fingerprint density at radius 3 is 2.94 bits per heavy atom. The molecule has 6 nitrogen and oxygen atoms in total. The highest BCUT2D eigenvalue weighted by molar-refractivity contribution is 7.99. The number of nitrogens with one attached hydrogen (secondary N) is 1. The van der Waals surface area contributed by atoms with Crippen LogP contribution in [0.3, 0.4) is 0 Å². The summed E-state index contributed by atoms with van der Waals surface area (Å²) in [6.45, 7) is 2.26. The molecule has 0 amide bonds. The normalized spacial score (nSPS) is 11.3. The van der Waals surface area contributed by atoms with Gasteiger partial charge in [0.25, 0.3) is 0 Å². The molecule has 0 aliphatic heterocycles. The van der Waals surface area contributed by atoms with Crippen LogP contribution < -0.4 is 5.69 Å². The molecule has 0 aromatic carbocycles. The number of rotatable bonds is 8. The quantitative estimate of drug-likeness (QED) is 0.536. The summed E-state index contributed by atoms with van der Waals surface area (Å²) >= 11 is 1.59. The predicted molar refractivity (Wildman–Crippen MR) is 68.6 cm³/mol. The molecule has 0 radical (unpaired) electrons. The van der Waals surface area contributed by atoms with Gasteiger partial charge in [-0.3, -0.25) is 4.57 Å². The first-order valence-electron chi connectivity index (χ1n) is 5.57. The molecule has 17 heavy (non-hydrogen) atoms. The third kappa shape index (κ3) is 4.93. The Balaban J connectivity index is 2.50. The standard InChI is InChI=1S/C10H20N4O2S/c1-13(2)6-8-17-10-12-11-9(15)14(10)5-4-7-16-3/h4-8H2,1-3H3,(H,11,15). The maximum absolute atomic E-state index is 11.5. The summed E-state index contributed by atoms with van der Waals surface area (Å²) in [5.41, 5.74) is -0.145. The maximum Gasteiger partial charge on any atom is 0.343 e. The minimum Gasteiger partial charge on any atom is -0.385 e. The van der Waals surface area contributed by atoms with Gasteiger partial charge in [0.2, 0.25) is 0 Å². The lowest BCUT2D eigenvalue weighted by Gasteiger charge is -2.08. The summed E-state index contributed by atoms with van der Waals surface area (Å²) in [6, 6.07) is 0. The van der Waals surface area contributed by atoms with E-state index in [-0.39, 0.29) is 5.69 Å². The summed E-state index contributed by atoms with van der Waals surface area (Å²) in [5.74, 6) is 0.918. The molecule has 0 bridgehead atoms. The van der Waals surface area contributed by atoms with Crippen LogP contribution in [0.1, 0.15) is 6.42 Å². The van der Waals surface area contributed by atoms with Crippen molar-refractivity contribution in [3.63, 3.8) is 0 Å². The molecule has 0 unspecified atom stereocenters. The van der Waals surface area contributed by atoms with Crippen LogP contribution in [0.2, 0.25) is 0 Å². The van der Waals surface area contributed by atoms with Crippen LogP contribution in [0, 0.1) is 0 Å². The second-order valence-corrected chi connectivity index (χ2v) is 5.02. The van der Waals surface area contributed by atoms with Crippen LogP contribution in [0.15, 0.2) is 9.95 Å². The highest BCUT2D eigenvalue weighted by Gasteiger charge is 2.08. The van der Waals surface area contributed by atoms with Crippen molar-refractivity contribution < 1.29 is 4.74 Å². The van der Waals surface area contributed by atoms with Crippen LogP contribution >= 0.6 is 11.8 Å². The van der Waals surface area contributed by atoms with Gasteiger partial charge < -0.3 is 9.64 Å². The van der Waals surface area contributed by atoms with Crippen molar-refractivity contribution in [1.29, 1.82) is 0 Å². The molecular weight excluding hydrogens is 240 g/mol. The van der Waals surface area contributed by atoms with Crippen LogP contribution in [0.25, 0.3) is 0 Å². The number of aromatic nitrogens is 3. The number of methoxy groups -OCH3 is 1. The number of nitrogens with zero attached hydrogens (tertiary/aromatic N) is 3. The Kier molecular flexibility index (Phi) is 6.31. The summed E-state index contributed by atoms with van der Waals surface area (Å²) in [7, 11) is 5.71. The van der Waals surface area contributed by atoms with Gasteiger partial charge in [0, 0.05) is 32.6 Å². The zero-order valence-corrected chi connectivity index (χ0v) is 11.4. The summed E-state index contributed by atoms with van der Waals surface area (Å²) in [5, 5.41) is 7.26. The Morgan fingerprint density at radius 2 is 2.29 bits per heavy atom. The van der Waals surface area contributed by atoms with E-state index in [2.05, 4.69) is 15.1 Å². The lowest BCUT2D eigenvalue weighted by molar-refractivity contribution is 0.189. The molecule has 1 rings (SSSR count). The summed E-state index contributed by atoms with van der Waals surface area (Å²) < 4.78 is 6.64. The van der Waals surface area contributed by atoms with Crippen molar-refractivity contribution in [3.8, 4) is 0 Å². The minimum atomic E-state index is -0.145. The average molecular weight is 260 g/mol. The van der Waals surface area contributed by atoms with Crippen LogP contribution in [-0.2, 0) is 11.3 Å². The number of H-pyrrole nitrogens is 1. The first kappa shape index (κ1) is 14.3. The smallest absolute Gasteiger partial charge is 0.343 e. The van der Waals surface area contributed by atoms with E-state index in [4.69, 9.17) is 4.74 Å². The van der Waals surface area contributed by atoms with Gasteiger partial charge in [-0.15, -0.1) is 5.10 Å². The second-order valence-electron chi connectivity index (χ2n) is 3.96. The Morgan fingerprint density at radius 1 is 1.53 bits per heavy atom. The number of thioether (sulfide) groups is 1. The first-order chi connectivity index (χ1) is 8.15. The molecule has 0 atom stereocenters. The van der Waals surface area contributed by atoms with Gasteiger partial charge in [0.1, 0.15) is 0 Å².